The highest BCUT2D eigenvalue weighted by Gasteiger charge is 2.48. The van der Waals surface area contributed by atoms with Crippen LogP contribution in [0.4, 0.5) is 23.8 Å². The van der Waals surface area contributed by atoms with Crippen molar-refractivity contribution in [2.24, 2.45) is 5.41 Å². The van der Waals surface area contributed by atoms with Crippen LogP contribution in [-0.4, -0.2) is 90.6 Å². The van der Waals surface area contributed by atoms with Crippen molar-refractivity contribution < 1.29 is 27.4 Å². The van der Waals surface area contributed by atoms with Crippen molar-refractivity contribution in [3.63, 3.8) is 0 Å². The van der Waals surface area contributed by atoms with E-state index >= 15 is 0 Å². The lowest BCUT2D eigenvalue weighted by Gasteiger charge is -2.53. The van der Waals surface area contributed by atoms with Crippen molar-refractivity contribution in [2.75, 3.05) is 57.8 Å². The largest absolute Gasteiger partial charge is 0.481 e. The number of fused-ring (bicyclic) bond motifs is 1. The van der Waals surface area contributed by atoms with E-state index in [0.29, 0.717) is 34.3 Å². The third-order valence-electron chi connectivity index (χ3n) is 8.13. The molecule has 1 aromatic carbocycles. The molecule has 0 saturated carbocycles. The van der Waals surface area contributed by atoms with E-state index in [2.05, 4.69) is 55.4 Å². The zero-order chi connectivity index (χ0) is 29.7. The molecular weight excluding hydrogens is 718 g/mol. The van der Waals surface area contributed by atoms with E-state index in [1.165, 1.54) is 0 Å². The number of alkyl halides is 3. The molecule has 5 rings (SSSR count). The van der Waals surface area contributed by atoms with Crippen molar-refractivity contribution in [3.05, 3.63) is 19.9 Å². The minimum atomic E-state index is -4.48. The van der Waals surface area contributed by atoms with Gasteiger partial charge in [-0.15, -0.1) is 0 Å². The maximum atomic E-state index is 13.2. The highest BCUT2D eigenvalue weighted by Crippen LogP contribution is 2.45. The van der Waals surface area contributed by atoms with Crippen LogP contribution in [0.1, 0.15) is 58.2 Å². The van der Waals surface area contributed by atoms with Crippen molar-refractivity contribution in [2.45, 2.75) is 64.1 Å². The Balaban J connectivity index is 1.44. The molecule has 226 valence electrons. The van der Waals surface area contributed by atoms with E-state index < -0.39 is 18.4 Å². The van der Waals surface area contributed by atoms with Crippen LogP contribution < -0.4 is 9.64 Å². The molecule has 0 radical (unpaired) electrons. The second kappa shape index (κ2) is 11.5. The normalized spacial score (nSPS) is 20.4. The lowest BCUT2D eigenvalue weighted by molar-refractivity contribution is -0.153. The number of aromatic nitrogens is 2. The molecule has 41 heavy (non-hydrogen) atoms. The first-order chi connectivity index (χ1) is 19.1. The number of piperidine rings is 2. The molecule has 3 aliphatic heterocycles. The number of amides is 1. The summed E-state index contributed by atoms with van der Waals surface area (Å²) in [5, 5.41) is 0.686. The molecule has 3 aliphatic rings. The molecule has 0 unspecified atom stereocenters. The Hall–Kier alpha value is -1.61. The number of hydrogen-bond donors (Lipinski definition) is 0. The Morgan fingerprint density at radius 1 is 1.12 bits per heavy atom. The topological polar surface area (TPSA) is 71.0 Å². The van der Waals surface area contributed by atoms with Crippen LogP contribution in [0.2, 0.25) is 0 Å². The SMILES string of the molecule is CN1CCC(c2nc(N3CCC4(CC3)CN(C(=O)OC(C)(C)C)C4)c3cc(I)c(Br)c(OCC(F)(F)F)c3n2)CC1. The number of halogens is 5. The van der Waals surface area contributed by atoms with E-state index in [-0.39, 0.29) is 23.2 Å². The molecule has 2 aromatic rings. The third kappa shape index (κ3) is 6.97. The van der Waals surface area contributed by atoms with Gasteiger partial charge in [-0.3, -0.25) is 0 Å². The van der Waals surface area contributed by atoms with E-state index in [0.717, 1.165) is 61.3 Å². The summed E-state index contributed by atoms with van der Waals surface area (Å²) < 4.78 is 51.7. The number of likely N-dealkylation sites (tertiary alicyclic amines) is 2. The van der Waals surface area contributed by atoms with Gasteiger partial charge in [0.15, 0.2) is 12.4 Å². The molecule has 0 aliphatic carbocycles. The summed E-state index contributed by atoms with van der Waals surface area (Å²) in [6, 6.07) is 1.92. The second-order valence-electron chi connectivity index (χ2n) is 12.6. The molecular formula is C28H36BrF3IN5O3. The highest BCUT2D eigenvalue weighted by molar-refractivity contribution is 14.1. The molecule has 13 heteroatoms. The Morgan fingerprint density at radius 2 is 1.76 bits per heavy atom. The lowest BCUT2D eigenvalue weighted by Crippen LogP contribution is -2.62. The zero-order valence-electron chi connectivity index (χ0n) is 23.8. The first kappa shape index (κ1) is 30.8. The number of carbonyl (C=O) groups excluding carboxylic acids is 1. The highest BCUT2D eigenvalue weighted by atomic mass is 127. The minimum absolute atomic E-state index is 0.0471. The van der Waals surface area contributed by atoms with Crippen LogP contribution in [0.3, 0.4) is 0 Å². The van der Waals surface area contributed by atoms with Crippen molar-refractivity contribution >= 4 is 61.3 Å². The van der Waals surface area contributed by atoms with Crippen LogP contribution in [0.25, 0.3) is 10.9 Å². The molecule has 0 N–H and O–H groups in total. The smallest absolute Gasteiger partial charge is 0.422 e. The van der Waals surface area contributed by atoms with Gasteiger partial charge >= 0.3 is 12.3 Å². The van der Waals surface area contributed by atoms with Gasteiger partial charge in [0.1, 0.15) is 22.8 Å². The van der Waals surface area contributed by atoms with Crippen molar-refractivity contribution in [1.29, 1.82) is 0 Å². The number of anilines is 1. The number of carbonyl (C=O) groups is 1. The van der Waals surface area contributed by atoms with Crippen LogP contribution in [0.15, 0.2) is 10.5 Å². The van der Waals surface area contributed by atoms with Gasteiger partial charge in [-0.2, -0.15) is 13.2 Å². The monoisotopic (exact) mass is 753 g/mol. The number of ether oxygens (including phenoxy) is 2. The maximum absolute atomic E-state index is 13.2. The fourth-order valence-corrected chi connectivity index (χ4v) is 6.86. The average Bonchev–Trinajstić information content (AvgIpc) is 2.86. The van der Waals surface area contributed by atoms with E-state index in [9.17, 15) is 18.0 Å². The van der Waals surface area contributed by atoms with Crippen molar-refractivity contribution in [1.82, 2.24) is 19.8 Å². The summed E-state index contributed by atoms with van der Waals surface area (Å²) >= 11 is 5.56. The quantitative estimate of drug-likeness (QED) is 0.327. The minimum Gasteiger partial charge on any atom is -0.481 e. The first-order valence-corrected chi connectivity index (χ1v) is 15.8. The summed E-state index contributed by atoms with van der Waals surface area (Å²) in [5.74, 6) is 1.62. The van der Waals surface area contributed by atoms with E-state index in [1.54, 1.807) is 4.90 Å². The fourth-order valence-electron chi connectivity index (χ4n) is 5.89. The van der Waals surface area contributed by atoms with Crippen molar-refractivity contribution in [3.8, 4) is 5.75 Å². The number of benzene rings is 1. The van der Waals surface area contributed by atoms with Gasteiger partial charge in [0, 0.05) is 46.5 Å². The summed E-state index contributed by atoms with van der Waals surface area (Å²) in [7, 11) is 2.08. The summed E-state index contributed by atoms with van der Waals surface area (Å²) in [5.41, 5.74) is -0.0795. The van der Waals surface area contributed by atoms with Gasteiger partial charge in [-0.05, 0) is 111 Å². The van der Waals surface area contributed by atoms with Crippen LogP contribution in [0, 0.1) is 8.99 Å². The van der Waals surface area contributed by atoms with Gasteiger partial charge in [0.05, 0.1) is 4.47 Å². The predicted octanol–water partition coefficient (Wildman–Crippen LogP) is 6.58. The van der Waals surface area contributed by atoms with Crippen LogP contribution in [-0.2, 0) is 4.74 Å². The standard InChI is InChI=1S/C28H36BrF3IN5O3/c1-26(2,3)41-25(39)38-14-27(15-38)7-11-37(12-8-27)24-18-13-19(33)20(29)22(40-16-28(30,31)32)21(18)34-23(35-24)17-5-9-36(4)10-6-17/h13,17H,5-12,14-16H2,1-4H3. The molecule has 3 fully saturated rings. The number of rotatable bonds is 4. The van der Waals surface area contributed by atoms with E-state index in [1.807, 2.05) is 26.8 Å². The lowest BCUT2D eigenvalue weighted by atomic mass is 9.72. The molecule has 1 amide bonds. The Kier molecular flexibility index (Phi) is 8.63. The average molecular weight is 754 g/mol. The third-order valence-corrected chi connectivity index (χ3v) is 10.5. The van der Waals surface area contributed by atoms with Gasteiger partial charge in [0.2, 0.25) is 0 Å². The van der Waals surface area contributed by atoms with Gasteiger partial charge in [-0.1, -0.05) is 0 Å². The zero-order valence-corrected chi connectivity index (χ0v) is 27.5. The molecule has 1 spiro atoms. The van der Waals surface area contributed by atoms with Gasteiger partial charge in [-0.25, -0.2) is 14.8 Å². The molecule has 1 aromatic heterocycles. The molecule has 0 bridgehead atoms. The molecule has 0 atom stereocenters. The number of hydrogen-bond acceptors (Lipinski definition) is 7. The summed E-state index contributed by atoms with van der Waals surface area (Å²) in [6.45, 7) is 8.81. The van der Waals surface area contributed by atoms with Gasteiger partial charge in [0.25, 0.3) is 0 Å². The maximum Gasteiger partial charge on any atom is 0.422 e. The molecule has 8 nitrogen and oxygen atoms in total. The Morgan fingerprint density at radius 3 is 2.34 bits per heavy atom. The van der Waals surface area contributed by atoms with Gasteiger partial charge < -0.3 is 24.2 Å². The summed E-state index contributed by atoms with van der Waals surface area (Å²) in [4.78, 5) is 28.7. The first-order valence-electron chi connectivity index (χ1n) is 13.9. The molecule has 3 saturated heterocycles. The van der Waals surface area contributed by atoms with Crippen LogP contribution >= 0.6 is 38.5 Å². The van der Waals surface area contributed by atoms with Crippen LogP contribution in [0.5, 0.6) is 5.75 Å². The Bertz CT molecular complexity index is 1300. The summed E-state index contributed by atoms with van der Waals surface area (Å²) in [6.07, 6.45) is -1.22. The number of nitrogens with zero attached hydrogens (tertiary/aromatic N) is 5. The second-order valence-corrected chi connectivity index (χ2v) is 14.6. The Labute approximate surface area is 260 Å². The fraction of sp³-hybridized carbons (Fsp3) is 0.679. The molecule has 4 heterocycles. The predicted molar refractivity (Wildman–Crippen MR) is 163 cm³/mol. The van der Waals surface area contributed by atoms with E-state index in [4.69, 9.17) is 19.4 Å².